The SMILES string of the molecule is CCCCc1nnc(NC(=O)C2(c3ccccc3)CCOCC2)s1. The van der Waals surface area contributed by atoms with Crippen LogP contribution in [0.2, 0.25) is 0 Å². The van der Waals surface area contributed by atoms with Gasteiger partial charge in [0.25, 0.3) is 0 Å². The minimum absolute atomic E-state index is 0.00445. The molecule has 0 bridgehead atoms. The van der Waals surface area contributed by atoms with Gasteiger partial charge in [0, 0.05) is 19.6 Å². The predicted octanol–water partition coefficient (Wildman–Crippen LogP) is 3.57. The van der Waals surface area contributed by atoms with E-state index < -0.39 is 5.41 Å². The number of ether oxygens (including phenoxy) is 1. The topological polar surface area (TPSA) is 64.1 Å². The summed E-state index contributed by atoms with van der Waals surface area (Å²) in [5.74, 6) is -0.00445. The van der Waals surface area contributed by atoms with Gasteiger partial charge in [-0.2, -0.15) is 0 Å². The van der Waals surface area contributed by atoms with Crippen molar-refractivity contribution < 1.29 is 9.53 Å². The molecule has 128 valence electrons. The molecule has 1 aromatic heterocycles. The van der Waals surface area contributed by atoms with Crippen molar-refractivity contribution in [3.63, 3.8) is 0 Å². The molecule has 1 fully saturated rings. The maximum absolute atomic E-state index is 13.1. The number of carbonyl (C=O) groups excluding carboxylic acids is 1. The van der Waals surface area contributed by atoms with E-state index in [4.69, 9.17) is 4.74 Å². The fourth-order valence-electron chi connectivity index (χ4n) is 3.07. The fraction of sp³-hybridized carbons (Fsp3) is 0.500. The van der Waals surface area contributed by atoms with Gasteiger partial charge in [0.05, 0.1) is 5.41 Å². The van der Waals surface area contributed by atoms with Gasteiger partial charge in [0.15, 0.2) is 0 Å². The van der Waals surface area contributed by atoms with Crippen LogP contribution in [0.3, 0.4) is 0 Å². The number of carbonyl (C=O) groups is 1. The molecule has 0 aliphatic carbocycles. The first-order chi connectivity index (χ1) is 11.7. The number of hydrogen-bond donors (Lipinski definition) is 1. The highest BCUT2D eigenvalue weighted by Gasteiger charge is 2.42. The zero-order chi connectivity index (χ0) is 16.8. The molecular weight excluding hydrogens is 322 g/mol. The summed E-state index contributed by atoms with van der Waals surface area (Å²) in [6.45, 7) is 3.35. The van der Waals surface area contributed by atoms with Gasteiger partial charge < -0.3 is 4.74 Å². The Hall–Kier alpha value is -1.79. The Morgan fingerprint density at radius 1 is 1.25 bits per heavy atom. The summed E-state index contributed by atoms with van der Waals surface area (Å²) in [6, 6.07) is 9.98. The molecule has 1 aliphatic heterocycles. The van der Waals surface area contributed by atoms with Crippen LogP contribution in [0.4, 0.5) is 5.13 Å². The second-order valence-electron chi connectivity index (χ2n) is 6.12. The van der Waals surface area contributed by atoms with E-state index in [1.54, 1.807) is 0 Å². The van der Waals surface area contributed by atoms with Gasteiger partial charge in [0.2, 0.25) is 11.0 Å². The van der Waals surface area contributed by atoms with E-state index in [1.165, 1.54) is 11.3 Å². The summed E-state index contributed by atoms with van der Waals surface area (Å²) in [5.41, 5.74) is 0.496. The van der Waals surface area contributed by atoms with E-state index in [0.29, 0.717) is 31.2 Å². The van der Waals surface area contributed by atoms with Crippen LogP contribution in [0.25, 0.3) is 0 Å². The zero-order valence-electron chi connectivity index (χ0n) is 14.0. The number of nitrogens with one attached hydrogen (secondary N) is 1. The quantitative estimate of drug-likeness (QED) is 0.869. The number of unbranched alkanes of at least 4 members (excludes halogenated alkanes) is 1. The Labute approximate surface area is 146 Å². The van der Waals surface area contributed by atoms with Gasteiger partial charge in [-0.25, -0.2) is 0 Å². The molecule has 5 nitrogen and oxygen atoms in total. The monoisotopic (exact) mass is 345 g/mol. The number of amides is 1. The number of nitrogens with zero attached hydrogens (tertiary/aromatic N) is 2. The van der Waals surface area contributed by atoms with Crippen molar-refractivity contribution in [2.45, 2.75) is 44.4 Å². The lowest BCUT2D eigenvalue weighted by Crippen LogP contribution is -2.44. The Morgan fingerprint density at radius 2 is 2.00 bits per heavy atom. The van der Waals surface area contributed by atoms with Crippen LogP contribution in [0, 0.1) is 0 Å². The molecule has 2 aromatic rings. The highest BCUT2D eigenvalue weighted by molar-refractivity contribution is 7.15. The molecule has 1 aromatic carbocycles. The van der Waals surface area contributed by atoms with Crippen molar-refractivity contribution in [3.05, 3.63) is 40.9 Å². The number of aryl methyl sites for hydroxylation is 1. The number of benzene rings is 1. The predicted molar refractivity (Wildman–Crippen MR) is 95.3 cm³/mol. The van der Waals surface area contributed by atoms with Crippen LogP contribution < -0.4 is 5.32 Å². The lowest BCUT2D eigenvalue weighted by atomic mass is 9.73. The van der Waals surface area contributed by atoms with Crippen LogP contribution in [0.5, 0.6) is 0 Å². The smallest absolute Gasteiger partial charge is 0.237 e. The number of rotatable bonds is 6. The molecule has 0 saturated carbocycles. The van der Waals surface area contributed by atoms with E-state index in [9.17, 15) is 4.79 Å². The fourth-order valence-corrected chi connectivity index (χ4v) is 3.85. The number of anilines is 1. The Bertz CT molecular complexity index is 666. The summed E-state index contributed by atoms with van der Waals surface area (Å²) in [4.78, 5) is 13.1. The van der Waals surface area contributed by atoms with E-state index in [1.807, 2.05) is 30.3 Å². The standard InChI is InChI=1S/C18H23N3O2S/c1-2-3-9-15-20-21-17(24-15)19-16(22)18(10-12-23-13-11-18)14-7-5-4-6-8-14/h4-8H,2-3,9-13H2,1H3,(H,19,21,22). The summed E-state index contributed by atoms with van der Waals surface area (Å²) in [5, 5.41) is 12.9. The van der Waals surface area contributed by atoms with Crippen molar-refractivity contribution in [2.24, 2.45) is 0 Å². The van der Waals surface area contributed by atoms with Crippen LogP contribution in [0.1, 0.15) is 43.2 Å². The van der Waals surface area contributed by atoms with Crippen LogP contribution in [-0.2, 0) is 21.4 Å². The first-order valence-corrected chi connectivity index (χ1v) is 9.33. The summed E-state index contributed by atoms with van der Waals surface area (Å²) < 4.78 is 5.49. The van der Waals surface area contributed by atoms with E-state index in [0.717, 1.165) is 29.8 Å². The first-order valence-electron chi connectivity index (χ1n) is 8.52. The molecule has 0 unspecified atom stereocenters. The lowest BCUT2D eigenvalue weighted by molar-refractivity contribution is -0.125. The second-order valence-corrected chi connectivity index (χ2v) is 7.18. The van der Waals surface area contributed by atoms with Crippen molar-refractivity contribution in [3.8, 4) is 0 Å². The van der Waals surface area contributed by atoms with Crippen molar-refractivity contribution in [1.82, 2.24) is 10.2 Å². The average molecular weight is 345 g/mol. The molecule has 0 radical (unpaired) electrons. The molecule has 24 heavy (non-hydrogen) atoms. The molecular formula is C18H23N3O2S. The largest absolute Gasteiger partial charge is 0.381 e. The molecule has 1 saturated heterocycles. The summed E-state index contributed by atoms with van der Waals surface area (Å²) in [7, 11) is 0. The molecule has 1 aliphatic rings. The molecule has 3 rings (SSSR count). The first kappa shape index (κ1) is 17.0. The minimum Gasteiger partial charge on any atom is -0.381 e. The maximum Gasteiger partial charge on any atom is 0.237 e. The summed E-state index contributed by atoms with van der Waals surface area (Å²) >= 11 is 1.47. The highest BCUT2D eigenvalue weighted by Crippen LogP contribution is 2.36. The van der Waals surface area contributed by atoms with Gasteiger partial charge in [-0.15, -0.1) is 10.2 Å². The van der Waals surface area contributed by atoms with Crippen molar-refractivity contribution >= 4 is 22.4 Å². The zero-order valence-corrected chi connectivity index (χ0v) is 14.8. The van der Waals surface area contributed by atoms with Gasteiger partial charge in [-0.1, -0.05) is 55.0 Å². The normalized spacial score (nSPS) is 16.7. The highest BCUT2D eigenvalue weighted by atomic mass is 32.1. The third kappa shape index (κ3) is 3.65. The van der Waals surface area contributed by atoms with Gasteiger partial charge in [0.1, 0.15) is 5.01 Å². The number of hydrogen-bond acceptors (Lipinski definition) is 5. The van der Waals surface area contributed by atoms with Gasteiger partial charge >= 0.3 is 0 Å². The molecule has 0 atom stereocenters. The maximum atomic E-state index is 13.1. The van der Waals surface area contributed by atoms with Crippen LogP contribution in [-0.4, -0.2) is 29.3 Å². The second kappa shape index (κ2) is 7.85. The Morgan fingerprint density at radius 3 is 2.71 bits per heavy atom. The number of aromatic nitrogens is 2. The van der Waals surface area contributed by atoms with E-state index in [2.05, 4.69) is 22.4 Å². The Kier molecular flexibility index (Phi) is 5.58. The summed E-state index contributed by atoms with van der Waals surface area (Å²) in [6.07, 6.45) is 4.50. The van der Waals surface area contributed by atoms with Gasteiger partial charge in [-0.05, 0) is 24.8 Å². The third-order valence-corrected chi connectivity index (χ3v) is 5.44. The van der Waals surface area contributed by atoms with Crippen molar-refractivity contribution in [1.29, 1.82) is 0 Å². The molecule has 2 heterocycles. The van der Waals surface area contributed by atoms with Crippen LogP contribution in [0.15, 0.2) is 30.3 Å². The Balaban J connectivity index is 1.78. The van der Waals surface area contributed by atoms with Crippen molar-refractivity contribution in [2.75, 3.05) is 18.5 Å². The third-order valence-electron chi connectivity index (χ3n) is 4.54. The lowest BCUT2D eigenvalue weighted by Gasteiger charge is -2.35. The molecule has 1 amide bonds. The van der Waals surface area contributed by atoms with Gasteiger partial charge in [-0.3, -0.25) is 10.1 Å². The minimum atomic E-state index is -0.547. The molecule has 6 heteroatoms. The molecule has 1 N–H and O–H groups in total. The molecule has 0 spiro atoms. The van der Waals surface area contributed by atoms with E-state index in [-0.39, 0.29) is 5.91 Å². The van der Waals surface area contributed by atoms with Crippen LogP contribution >= 0.6 is 11.3 Å². The van der Waals surface area contributed by atoms with E-state index >= 15 is 0 Å². The average Bonchev–Trinajstić information content (AvgIpc) is 3.08.